The maximum atomic E-state index is 14.7. The third-order valence-electron chi connectivity index (χ3n) is 6.20. The van der Waals surface area contributed by atoms with Crippen LogP contribution in [-0.4, -0.2) is 88.0 Å². The summed E-state index contributed by atoms with van der Waals surface area (Å²) in [6.07, 6.45) is -2.58. The molecule has 3 N–H and O–H groups in total. The van der Waals surface area contributed by atoms with Crippen LogP contribution >= 0.6 is 23.2 Å². The van der Waals surface area contributed by atoms with E-state index in [0.29, 0.717) is 55.8 Å². The Morgan fingerprint density at radius 3 is 2.41 bits per heavy atom. The SMILES string of the molecule is CNC(=O)CN1CCCN(C(=O)c2cc(Cc3c[nH]c(=O)c4cc(Cl)c(Cl)n34)ccc2F)CC1.O=C(O)C(F)(F)F. The summed E-state index contributed by atoms with van der Waals surface area (Å²) in [5, 5.41) is 10.2. The number of aromatic nitrogens is 2. The molecule has 0 bridgehead atoms. The number of amides is 2. The number of hydrogen-bond donors (Lipinski definition) is 3. The van der Waals surface area contributed by atoms with Crippen molar-refractivity contribution in [1.82, 2.24) is 24.5 Å². The van der Waals surface area contributed by atoms with Gasteiger partial charge in [0.25, 0.3) is 11.5 Å². The van der Waals surface area contributed by atoms with Gasteiger partial charge in [-0.2, -0.15) is 13.2 Å². The highest BCUT2D eigenvalue weighted by Crippen LogP contribution is 2.27. The summed E-state index contributed by atoms with van der Waals surface area (Å²) >= 11 is 12.4. The van der Waals surface area contributed by atoms with Crippen molar-refractivity contribution in [2.24, 2.45) is 0 Å². The van der Waals surface area contributed by atoms with Crippen LogP contribution < -0.4 is 10.9 Å². The summed E-state index contributed by atoms with van der Waals surface area (Å²) in [5.74, 6) is -3.84. The number of fused-ring (bicyclic) bond motifs is 1. The van der Waals surface area contributed by atoms with Gasteiger partial charge in [-0.15, -0.1) is 0 Å². The molecule has 1 aromatic carbocycles. The predicted molar refractivity (Wildman–Crippen MR) is 142 cm³/mol. The quantitative estimate of drug-likeness (QED) is 0.376. The number of benzene rings is 1. The molecule has 222 valence electrons. The van der Waals surface area contributed by atoms with Crippen LogP contribution in [-0.2, 0) is 16.0 Å². The third kappa shape index (κ3) is 7.99. The zero-order valence-electron chi connectivity index (χ0n) is 21.5. The molecule has 3 heterocycles. The van der Waals surface area contributed by atoms with E-state index in [1.807, 2.05) is 4.90 Å². The van der Waals surface area contributed by atoms with Crippen molar-refractivity contribution in [3.63, 3.8) is 0 Å². The summed E-state index contributed by atoms with van der Waals surface area (Å²) in [5.41, 5.74) is 1.26. The topological polar surface area (TPSA) is 127 Å². The minimum absolute atomic E-state index is 0.0189. The van der Waals surface area contributed by atoms with E-state index in [4.69, 9.17) is 33.1 Å². The summed E-state index contributed by atoms with van der Waals surface area (Å²) in [6, 6.07) is 5.88. The van der Waals surface area contributed by atoms with Gasteiger partial charge in [0.2, 0.25) is 5.91 Å². The Kier molecular flexibility index (Phi) is 10.4. The second-order valence-electron chi connectivity index (χ2n) is 9.00. The molecule has 10 nitrogen and oxygen atoms in total. The van der Waals surface area contributed by atoms with Crippen molar-refractivity contribution in [2.75, 3.05) is 39.8 Å². The number of carboxylic acid groups (broad SMARTS) is 1. The Morgan fingerprint density at radius 2 is 1.78 bits per heavy atom. The molecule has 1 aliphatic rings. The van der Waals surface area contributed by atoms with Gasteiger partial charge in [-0.05, 0) is 30.2 Å². The molecule has 1 saturated heterocycles. The highest BCUT2D eigenvalue weighted by atomic mass is 35.5. The van der Waals surface area contributed by atoms with Gasteiger partial charge in [-0.1, -0.05) is 29.3 Å². The van der Waals surface area contributed by atoms with Crippen LogP contribution in [0.25, 0.3) is 5.52 Å². The van der Waals surface area contributed by atoms with Crippen molar-refractivity contribution in [3.05, 3.63) is 73.6 Å². The number of hydrogen-bond acceptors (Lipinski definition) is 5. The number of H-pyrrole nitrogens is 1. The van der Waals surface area contributed by atoms with Gasteiger partial charge in [-0.3, -0.25) is 23.7 Å². The second kappa shape index (κ2) is 13.4. The average Bonchev–Trinajstić information content (AvgIpc) is 3.07. The minimum atomic E-state index is -5.08. The number of nitrogens with zero attached hydrogens (tertiary/aromatic N) is 3. The van der Waals surface area contributed by atoms with Crippen molar-refractivity contribution < 1.29 is 37.1 Å². The van der Waals surface area contributed by atoms with Gasteiger partial charge in [0.1, 0.15) is 16.5 Å². The van der Waals surface area contributed by atoms with E-state index < -0.39 is 23.9 Å². The molecule has 2 amide bonds. The lowest BCUT2D eigenvalue weighted by Crippen LogP contribution is -2.39. The summed E-state index contributed by atoms with van der Waals surface area (Å²) < 4.78 is 48.0. The molecule has 0 atom stereocenters. The number of halogens is 6. The van der Waals surface area contributed by atoms with E-state index in [1.54, 1.807) is 22.4 Å². The fourth-order valence-corrected chi connectivity index (χ4v) is 4.60. The first kappa shape index (κ1) is 31.9. The van der Waals surface area contributed by atoms with E-state index in [0.717, 1.165) is 0 Å². The van der Waals surface area contributed by atoms with Gasteiger partial charge < -0.3 is 20.3 Å². The molecule has 41 heavy (non-hydrogen) atoms. The van der Waals surface area contributed by atoms with E-state index in [1.165, 1.54) is 24.4 Å². The molecule has 0 aliphatic carbocycles. The Balaban J connectivity index is 0.000000587. The molecular weight excluding hydrogens is 597 g/mol. The number of alkyl halides is 3. The monoisotopic (exact) mass is 621 g/mol. The zero-order valence-corrected chi connectivity index (χ0v) is 23.0. The number of aromatic amines is 1. The van der Waals surface area contributed by atoms with E-state index in [9.17, 15) is 31.9 Å². The summed E-state index contributed by atoms with van der Waals surface area (Å²) in [7, 11) is 1.59. The number of carboxylic acids is 1. The van der Waals surface area contributed by atoms with E-state index in [-0.39, 0.29) is 33.8 Å². The van der Waals surface area contributed by atoms with Crippen molar-refractivity contribution >= 4 is 46.5 Å². The van der Waals surface area contributed by atoms with E-state index >= 15 is 0 Å². The van der Waals surface area contributed by atoms with E-state index in [2.05, 4.69) is 10.3 Å². The molecular formula is C25H25Cl2F4N5O5. The molecule has 0 spiro atoms. The van der Waals surface area contributed by atoms with Crippen LogP contribution in [0.2, 0.25) is 10.2 Å². The first-order chi connectivity index (χ1) is 19.2. The Morgan fingerprint density at radius 1 is 1.10 bits per heavy atom. The molecule has 0 saturated carbocycles. The van der Waals surface area contributed by atoms with Crippen LogP contribution in [0.5, 0.6) is 0 Å². The Labute approximate surface area is 240 Å². The maximum Gasteiger partial charge on any atom is 0.490 e. The van der Waals surface area contributed by atoms with Crippen LogP contribution in [0.3, 0.4) is 0 Å². The average molecular weight is 622 g/mol. The van der Waals surface area contributed by atoms with Gasteiger partial charge >= 0.3 is 12.1 Å². The minimum Gasteiger partial charge on any atom is -0.475 e. The van der Waals surface area contributed by atoms with Gasteiger partial charge in [0, 0.05) is 51.5 Å². The third-order valence-corrected chi connectivity index (χ3v) is 6.96. The van der Waals surface area contributed by atoms with Crippen LogP contribution in [0.4, 0.5) is 17.6 Å². The molecule has 0 unspecified atom stereocenters. The molecule has 0 radical (unpaired) electrons. The molecule has 1 fully saturated rings. The second-order valence-corrected chi connectivity index (χ2v) is 9.77. The van der Waals surface area contributed by atoms with Crippen molar-refractivity contribution in [3.8, 4) is 0 Å². The fraction of sp³-hybridized carbons (Fsp3) is 0.360. The summed E-state index contributed by atoms with van der Waals surface area (Å²) in [6.45, 7) is 2.36. The number of rotatable bonds is 5. The first-order valence-electron chi connectivity index (χ1n) is 12.1. The lowest BCUT2D eigenvalue weighted by molar-refractivity contribution is -0.192. The Hall–Kier alpha value is -3.62. The van der Waals surface area contributed by atoms with Gasteiger partial charge in [0.15, 0.2) is 0 Å². The fourth-order valence-electron chi connectivity index (χ4n) is 4.16. The molecule has 4 rings (SSSR count). The molecule has 1 aliphatic heterocycles. The van der Waals surface area contributed by atoms with Crippen LogP contribution in [0.1, 0.15) is 28.0 Å². The molecule has 16 heteroatoms. The maximum absolute atomic E-state index is 14.7. The Bertz CT molecular complexity index is 1510. The highest BCUT2D eigenvalue weighted by molar-refractivity contribution is 6.42. The van der Waals surface area contributed by atoms with Crippen molar-refractivity contribution in [1.29, 1.82) is 0 Å². The van der Waals surface area contributed by atoms with Crippen molar-refractivity contribution in [2.45, 2.75) is 19.0 Å². The molecule has 2 aromatic heterocycles. The summed E-state index contributed by atoms with van der Waals surface area (Å²) in [4.78, 5) is 52.1. The standard InChI is InChI=1S/C23H24Cl2FN5O3.C2HF3O2/c1-27-20(32)13-29-5-2-6-30(8-7-29)23(34)16-10-14(3-4-18(16)26)9-15-12-28-22(33)19-11-17(24)21(25)31(15)19;3-2(4,5)1(6)7/h3-4,10-12H,2,5-9,13H2,1H3,(H,27,32)(H,28,33);(H,6,7). The normalized spacial score (nSPS) is 14.3. The number of carbonyl (C=O) groups is 3. The first-order valence-corrected chi connectivity index (χ1v) is 12.9. The van der Waals surface area contributed by atoms with Crippen LogP contribution in [0, 0.1) is 5.82 Å². The van der Waals surface area contributed by atoms with Crippen LogP contribution in [0.15, 0.2) is 35.3 Å². The smallest absolute Gasteiger partial charge is 0.475 e. The lowest BCUT2D eigenvalue weighted by atomic mass is 10.0. The highest BCUT2D eigenvalue weighted by Gasteiger charge is 2.38. The predicted octanol–water partition coefficient (Wildman–Crippen LogP) is 3.19. The largest absolute Gasteiger partial charge is 0.490 e. The zero-order chi connectivity index (χ0) is 30.5. The number of carbonyl (C=O) groups excluding carboxylic acids is 2. The lowest BCUT2D eigenvalue weighted by Gasteiger charge is -2.22. The molecule has 3 aromatic rings. The number of nitrogens with one attached hydrogen (secondary N) is 2. The van der Waals surface area contributed by atoms with Gasteiger partial charge in [-0.25, -0.2) is 9.18 Å². The van der Waals surface area contributed by atoms with Gasteiger partial charge in [0.05, 0.1) is 17.1 Å². The number of likely N-dealkylation sites (N-methyl/N-ethyl adjacent to an activating group) is 1. The number of aliphatic carboxylic acids is 1.